The molecular weight excluding hydrogens is 230 g/mol. The zero-order valence-electron chi connectivity index (χ0n) is 10.8. The van der Waals surface area contributed by atoms with E-state index in [-0.39, 0.29) is 11.7 Å². The van der Waals surface area contributed by atoms with Crippen molar-refractivity contribution < 1.29 is 4.92 Å². The normalized spacial score (nSPS) is 11.9. The predicted molar refractivity (Wildman–Crippen MR) is 70.4 cm³/mol. The highest BCUT2D eigenvalue weighted by Crippen LogP contribution is 2.26. The molecule has 0 aliphatic heterocycles. The molecule has 0 heterocycles. The SMILES string of the molecule is CC(C)CC(C)Nc1ccc(C#N)cc1[N+](=O)[O-]. The first-order valence-electron chi connectivity index (χ1n) is 5.89. The number of nitro benzene ring substituents is 1. The first kappa shape index (κ1) is 14.0. The fourth-order valence-corrected chi connectivity index (χ4v) is 1.91. The Morgan fingerprint density at radius 3 is 2.61 bits per heavy atom. The van der Waals surface area contributed by atoms with Gasteiger partial charge in [0.15, 0.2) is 0 Å². The Morgan fingerprint density at radius 1 is 1.44 bits per heavy atom. The van der Waals surface area contributed by atoms with Gasteiger partial charge in [-0.3, -0.25) is 10.1 Å². The average molecular weight is 247 g/mol. The van der Waals surface area contributed by atoms with Crippen molar-refractivity contribution in [2.24, 2.45) is 5.92 Å². The minimum Gasteiger partial charge on any atom is -0.377 e. The Kier molecular flexibility index (Phi) is 4.67. The molecule has 0 fully saturated rings. The quantitative estimate of drug-likeness (QED) is 0.639. The molecule has 1 rings (SSSR count). The Labute approximate surface area is 107 Å². The summed E-state index contributed by atoms with van der Waals surface area (Å²) in [5.41, 5.74) is 0.709. The molecule has 18 heavy (non-hydrogen) atoms. The van der Waals surface area contributed by atoms with Gasteiger partial charge in [0.1, 0.15) is 5.69 Å². The average Bonchev–Trinajstić information content (AvgIpc) is 2.28. The molecule has 0 radical (unpaired) electrons. The minimum absolute atomic E-state index is 0.0512. The van der Waals surface area contributed by atoms with Crippen molar-refractivity contribution in [3.63, 3.8) is 0 Å². The van der Waals surface area contributed by atoms with Gasteiger partial charge in [-0.25, -0.2) is 0 Å². The van der Waals surface area contributed by atoms with E-state index in [9.17, 15) is 10.1 Å². The maximum atomic E-state index is 10.9. The number of hydrogen-bond acceptors (Lipinski definition) is 4. The molecular formula is C13H17N3O2. The lowest BCUT2D eigenvalue weighted by atomic mass is 10.0. The Hall–Kier alpha value is -2.09. The van der Waals surface area contributed by atoms with Gasteiger partial charge in [-0.1, -0.05) is 13.8 Å². The second-order valence-electron chi connectivity index (χ2n) is 4.78. The summed E-state index contributed by atoms with van der Waals surface area (Å²) in [6, 6.07) is 6.52. The van der Waals surface area contributed by atoms with Crippen molar-refractivity contribution in [1.29, 1.82) is 5.26 Å². The molecule has 1 N–H and O–H groups in total. The number of nitrogens with zero attached hydrogens (tertiary/aromatic N) is 2. The lowest BCUT2D eigenvalue weighted by Gasteiger charge is -2.17. The molecule has 1 aromatic rings. The molecule has 0 bridgehead atoms. The van der Waals surface area contributed by atoms with Crippen LogP contribution in [-0.4, -0.2) is 11.0 Å². The van der Waals surface area contributed by atoms with E-state index in [0.717, 1.165) is 6.42 Å². The smallest absolute Gasteiger partial charge is 0.293 e. The van der Waals surface area contributed by atoms with Crippen LogP contribution in [0.2, 0.25) is 0 Å². The van der Waals surface area contributed by atoms with E-state index >= 15 is 0 Å². The number of benzene rings is 1. The standard InChI is InChI=1S/C13H17N3O2/c1-9(2)6-10(3)15-12-5-4-11(8-14)7-13(12)16(17)18/h4-5,7,9-10,15H,6H2,1-3H3. The van der Waals surface area contributed by atoms with Crippen LogP contribution < -0.4 is 5.32 Å². The summed E-state index contributed by atoms with van der Waals surface area (Å²) in [6.45, 7) is 6.19. The number of anilines is 1. The summed E-state index contributed by atoms with van der Waals surface area (Å²) in [7, 11) is 0. The summed E-state index contributed by atoms with van der Waals surface area (Å²) in [5, 5.41) is 22.8. The van der Waals surface area contributed by atoms with Crippen LogP contribution in [0.3, 0.4) is 0 Å². The van der Waals surface area contributed by atoms with Crippen LogP contribution in [0.4, 0.5) is 11.4 Å². The lowest BCUT2D eigenvalue weighted by Crippen LogP contribution is -2.18. The summed E-state index contributed by atoms with van der Waals surface area (Å²) < 4.78 is 0. The number of nitro groups is 1. The number of rotatable bonds is 5. The maximum absolute atomic E-state index is 10.9. The highest BCUT2D eigenvalue weighted by molar-refractivity contribution is 5.64. The molecule has 0 aliphatic rings. The predicted octanol–water partition coefficient (Wildman–Crippen LogP) is 3.31. The number of nitriles is 1. The van der Waals surface area contributed by atoms with Crippen LogP contribution in [0, 0.1) is 27.4 Å². The van der Waals surface area contributed by atoms with Crippen molar-refractivity contribution in [1.82, 2.24) is 0 Å². The summed E-state index contributed by atoms with van der Waals surface area (Å²) in [6.07, 6.45) is 0.928. The van der Waals surface area contributed by atoms with Crippen molar-refractivity contribution >= 4 is 11.4 Å². The van der Waals surface area contributed by atoms with Gasteiger partial charge < -0.3 is 5.32 Å². The number of nitrogens with one attached hydrogen (secondary N) is 1. The summed E-state index contributed by atoms with van der Waals surface area (Å²) in [5.74, 6) is 0.518. The largest absolute Gasteiger partial charge is 0.377 e. The molecule has 0 amide bonds. The van der Waals surface area contributed by atoms with E-state index in [2.05, 4.69) is 19.2 Å². The third kappa shape index (κ3) is 3.74. The molecule has 0 aliphatic carbocycles. The van der Waals surface area contributed by atoms with E-state index in [1.54, 1.807) is 12.1 Å². The fourth-order valence-electron chi connectivity index (χ4n) is 1.91. The monoisotopic (exact) mass is 247 g/mol. The molecule has 0 saturated heterocycles. The van der Waals surface area contributed by atoms with Gasteiger partial charge in [-0.2, -0.15) is 5.26 Å². The van der Waals surface area contributed by atoms with Gasteiger partial charge in [-0.05, 0) is 31.4 Å². The Balaban J connectivity index is 2.95. The summed E-state index contributed by atoms with van der Waals surface area (Å²) >= 11 is 0. The maximum Gasteiger partial charge on any atom is 0.293 e. The van der Waals surface area contributed by atoms with E-state index < -0.39 is 4.92 Å². The highest BCUT2D eigenvalue weighted by Gasteiger charge is 2.16. The molecule has 0 spiro atoms. The van der Waals surface area contributed by atoms with Gasteiger partial charge in [0.2, 0.25) is 0 Å². The first-order valence-corrected chi connectivity index (χ1v) is 5.89. The van der Waals surface area contributed by atoms with Crippen molar-refractivity contribution in [2.75, 3.05) is 5.32 Å². The third-order valence-electron chi connectivity index (χ3n) is 2.55. The third-order valence-corrected chi connectivity index (χ3v) is 2.55. The van der Waals surface area contributed by atoms with Crippen molar-refractivity contribution in [3.05, 3.63) is 33.9 Å². The van der Waals surface area contributed by atoms with E-state index in [1.165, 1.54) is 6.07 Å². The Bertz CT molecular complexity index is 478. The fraction of sp³-hybridized carbons (Fsp3) is 0.462. The van der Waals surface area contributed by atoms with Crippen molar-refractivity contribution in [3.8, 4) is 6.07 Å². The molecule has 1 aromatic carbocycles. The molecule has 1 unspecified atom stereocenters. The zero-order valence-corrected chi connectivity index (χ0v) is 10.8. The highest BCUT2D eigenvalue weighted by atomic mass is 16.6. The van der Waals surface area contributed by atoms with Gasteiger partial charge in [0.25, 0.3) is 5.69 Å². The van der Waals surface area contributed by atoms with Crippen LogP contribution in [0.25, 0.3) is 0 Å². The minimum atomic E-state index is -0.467. The van der Waals surface area contributed by atoms with Gasteiger partial charge in [0, 0.05) is 12.1 Å². The van der Waals surface area contributed by atoms with Crippen molar-refractivity contribution in [2.45, 2.75) is 33.2 Å². The first-order chi connectivity index (χ1) is 8.43. The second-order valence-corrected chi connectivity index (χ2v) is 4.78. The van der Waals surface area contributed by atoms with Crippen LogP contribution >= 0.6 is 0 Å². The van der Waals surface area contributed by atoms with Gasteiger partial charge in [0.05, 0.1) is 16.6 Å². The van der Waals surface area contributed by atoms with Crippen LogP contribution in [0.15, 0.2) is 18.2 Å². The van der Waals surface area contributed by atoms with Crippen LogP contribution in [0.5, 0.6) is 0 Å². The molecule has 1 atom stereocenters. The van der Waals surface area contributed by atoms with E-state index in [1.807, 2.05) is 13.0 Å². The van der Waals surface area contributed by atoms with Gasteiger partial charge in [-0.15, -0.1) is 0 Å². The molecule has 96 valence electrons. The van der Waals surface area contributed by atoms with Gasteiger partial charge >= 0.3 is 0 Å². The molecule has 5 nitrogen and oxygen atoms in total. The molecule has 0 saturated carbocycles. The summed E-state index contributed by atoms with van der Waals surface area (Å²) in [4.78, 5) is 10.5. The van der Waals surface area contributed by atoms with E-state index in [4.69, 9.17) is 5.26 Å². The topological polar surface area (TPSA) is 79.0 Å². The van der Waals surface area contributed by atoms with Crippen LogP contribution in [0.1, 0.15) is 32.8 Å². The van der Waals surface area contributed by atoms with Crippen LogP contribution in [-0.2, 0) is 0 Å². The number of hydrogen-bond donors (Lipinski definition) is 1. The zero-order chi connectivity index (χ0) is 13.7. The lowest BCUT2D eigenvalue weighted by molar-refractivity contribution is -0.384. The Morgan fingerprint density at radius 2 is 2.11 bits per heavy atom. The second kappa shape index (κ2) is 6.01. The van der Waals surface area contributed by atoms with E-state index in [0.29, 0.717) is 17.2 Å². The molecule has 5 heteroatoms. The molecule has 0 aromatic heterocycles.